The summed E-state index contributed by atoms with van der Waals surface area (Å²) in [5.74, 6) is 0. The zero-order valence-electron chi connectivity index (χ0n) is 6.69. The van der Waals surface area contributed by atoms with Crippen LogP contribution in [-0.2, 0) is 11.3 Å². The van der Waals surface area contributed by atoms with Crippen molar-refractivity contribution < 1.29 is 4.74 Å². The zero-order chi connectivity index (χ0) is 8.27. The monoisotopic (exact) mass is 156 g/mol. The van der Waals surface area contributed by atoms with Crippen LogP contribution in [0.25, 0.3) is 0 Å². The minimum absolute atomic E-state index is 0.463. The van der Waals surface area contributed by atoms with Gasteiger partial charge in [-0.25, -0.2) is 0 Å². The summed E-state index contributed by atoms with van der Waals surface area (Å²) in [6, 6.07) is 0. The lowest BCUT2D eigenvalue weighted by molar-refractivity contribution is 0.105. The number of hydrogen-bond acceptors (Lipinski definition) is 4. The molecule has 1 aromatic heterocycles. The molecule has 2 N–H and O–H groups in total. The Balaban J connectivity index is 2.71. The van der Waals surface area contributed by atoms with Crippen molar-refractivity contribution in [1.29, 1.82) is 0 Å². The lowest BCUT2D eigenvalue weighted by atomic mass is 10.4. The molecule has 1 rings (SSSR count). The molecule has 5 nitrogen and oxygen atoms in total. The fourth-order valence-electron chi connectivity index (χ4n) is 0.719. The lowest BCUT2D eigenvalue weighted by Crippen LogP contribution is -2.12. The Morgan fingerprint density at radius 2 is 2.55 bits per heavy atom. The Morgan fingerprint density at radius 3 is 3.00 bits per heavy atom. The van der Waals surface area contributed by atoms with Crippen LogP contribution < -0.4 is 5.73 Å². The average Bonchev–Trinajstić information content (AvgIpc) is 2.50. The second kappa shape index (κ2) is 3.45. The first-order chi connectivity index (χ1) is 5.27. The van der Waals surface area contributed by atoms with Crippen LogP contribution in [0.5, 0.6) is 0 Å². The standard InChI is InChI=1S/C6H12N4O/c1-3-10-4-5(8-9-10)6(7)11-2/h4,6H,3,7H2,1-2H3. The van der Waals surface area contributed by atoms with Crippen molar-refractivity contribution in [2.45, 2.75) is 19.7 Å². The van der Waals surface area contributed by atoms with E-state index in [0.717, 1.165) is 6.54 Å². The smallest absolute Gasteiger partial charge is 0.151 e. The van der Waals surface area contributed by atoms with Gasteiger partial charge in [-0.15, -0.1) is 5.10 Å². The molecular formula is C6H12N4O. The third-order valence-corrected chi connectivity index (χ3v) is 1.43. The van der Waals surface area contributed by atoms with Crippen LogP contribution in [0.15, 0.2) is 6.20 Å². The van der Waals surface area contributed by atoms with Gasteiger partial charge in [-0.2, -0.15) is 0 Å². The second-order valence-electron chi connectivity index (χ2n) is 2.16. The van der Waals surface area contributed by atoms with E-state index in [-0.39, 0.29) is 0 Å². The van der Waals surface area contributed by atoms with Crippen molar-refractivity contribution in [3.63, 3.8) is 0 Å². The molecule has 5 heteroatoms. The largest absolute Gasteiger partial charge is 0.361 e. The molecule has 0 bridgehead atoms. The van der Waals surface area contributed by atoms with Crippen molar-refractivity contribution in [1.82, 2.24) is 15.0 Å². The molecule has 62 valence electrons. The molecule has 0 saturated heterocycles. The van der Waals surface area contributed by atoms with Gasteiger partial charge in [0.25, 0.3) is 0 Å². The summed E-state index contributed by atoms with van der Waals surface area (Å²) in [4.78, 5) is 0. The Labute approximate surface area is 65.1 Å². The molecule has 0 amide bonds. The van der Waals surface area contributed by atoms with E-state index in [9.17, 15) is 0 Å². The molecule has 0 aliphatic carbocycles. The highest BCUT2D eigenvalue weighted by molar-refractivity contribution is 4.95. The van der Waals surface area contributed by atoms with Gasteiger partial charge in [-0.1, -0.05) is 5.21 Å². The zero-order valence-corrected chi connectivity index (χ0v) is 6.69. The van der Waals surface area contributed by atoms with E-state index in [4.69, 9.17) is 10.5 Å². The number of aryl methyl sites for hydroxylation is 1. The van der Waals surface area contributed by atoms with E-state index in [1.807, 2.05) is 6.92 Å². The van der Waals surface area contributed by atoms with Crippen LogP contribution in [0, 0.1) is 0 Å². The molecule has 11 heavy (non-hydrogen) atoms. The van der Waals surface area contributed by atoms with Crippen LogP contribution in [0.1, 0.15) is 18.8 Å². The molecule has 0 aromatic carbocycles. The molecule has 1 aromatic rings. The van der Waals surface area contributed by atoms with E-state index in [2.05, 4.69) is 10.3 Å². The summed E-state index contributed by atoms with van der Waals surface area (Å²) >= 11 is 0. The number of ether oxygens (including phenoxy) is 1. The molecule has 1 heterocycles. The topological polar surface area (TPSA) is 66.0 Å². The van der Waals surface area contributed by atoms with Crippen molar-refractivity contribution in [2.75, 3.05) is 7.11 Å². The molecule has 1 unspecified atom stereocenters. The van der Waals surface area contributed by atoms with Crippen LogP contribution in [0.3, 0.4) is 0 Å². The number of aromatic nitrogens is 3. The van der Waals surface area contributed by atoms with Gasteiger partial charge in [-0.3, -0.25) is 4.68 Å². The number of hydrogen-bond donors (Lipinski definition) is 1. The lowest BCUT2D eigenvalue weighted by Gasteiger charge is -2.02. The van der Waals surface area contributed by atoms with E-state index >= 15 is 0 Å². The molecule has 0 radical (unpaired) electrons. The fraction of sp³-hybridized carbons (Fsp3) is 0.667. The molecule has 0 aliphatic rings. The quantitative estimate of drug-likeness (QED) is 0.621. The third-order valence-electron chi connectivity index (χ3n) is 1.43. The van der Waals surface area contributed by atoms with Crippen LogP contribution >= 0.6 is 0 Å². The molecule has 0 saturated carbocycles. The van der Waals surface area contributed by atoms with Crippen molar-refractivity contribution in [3.05, 3.63) is 11.9 Å². The van der Waals surface area contributed by atoms with Gasteiger partial charge in [0, 0.05) is 13.7 Å². The van der Waals surface area contributed by atoms with Crippen LogP contribution in [-0.4, -0.2) is 22.1 Å². The van der Waals surface area contributed by atoms with Crippen molar-refractivity contribution >= 4 is 0 Å². The first-order valence-electron chi connectivity index (χ1n) is 3.46. The van der Waals surface area contributed by atoms with Crippen LogP contribution in [0.4, 0.5) is 0 Å². The van der Waals surface area contributed by atoms with Gasteiger partial charge in [0.05, 0.1) is 6.20 Å². The first-order valence-corrected chi connectivity index (χ1v) is 3.46. The molecule has 1 atom stereocenters. The summed E-state index contributed by atoms with van der Waals surface area (Å²) in [6.07, 6.45) is 1.31. The molecular weight excluding hydrogens is 144 g/mol. The number of nitrogens with two attached hydrogens (primary N) is 1. The summed E-state index contributed by atoms with van der Waals surface area (Å²) in [7, 11) is 1.54. The number of nitrogens with zero attached hydrogens (tertiary/aromatic N) is 3. The third kappa shape index (κ3) is 1.75. The van der Waals surface area contributed by atoms with Gasteiger partial charge in [-0.05, 0) is 6.92 Å². The fourth-order valence-corrected chi connectivity index (χ4v) is 0.719. The maximum Gasteiger partial charge on any atom is 0.151 e. The maximum atomic E-state index is 5.52. The van der Waals surface area contributed by atoms with E-state index in [1.54, 1.807) is 10.9 Å². The average molecular weight is 156 g/mol. The summed E-state index contributed by atoms with van der Waals surface area (Å²) in [6.45, 7) is 2.78. The number of rotatable bonds is 3. The van der Waals surface area contributed by atoms with Gasteiger partial charge < -0.3 is 10.5 Å². The second-order valence-corrected chi connectivity index (χ2v) is 2.16. The Morgan fingerprint density at radius 1 is 1.82 bits per heavy atom. The Bertz CT molecular complexity index is 222. The summed E-state index contributed by atoms with van der Waals surface area (Å²) < 4.78 is 6.56. The highest BCUT2D eigenvalue weighted by atomic mass is 16.5. The summed E-state index contributed by atoms with van der Waals surface area (Å²) in [5, 5.41) is 7.63. The van der Waals surface area contributed by atoms with Gasteiger partial charge in [0.15, 0.2) is 6.23 Å². The molecule has 0 aliphatic heterocycles. The van der Waals surface area contributed by atoms with E-state index in [0.29, 0.717) is 5.69 Å². The predicted octanol–water partition coefficient (Wildman–Crippen LogP) is -0.0983. The SMILES string of the molecule is CCn1cc(C(N)OC)nn1. The maximum absolute atomic E-state index is 5.52. The number of methoxy groups -OCH3 is 1. The van der Waals surface area contributed by atoms with Gasteiger partial charge >= 0.3 is 0 Å². The minimum Gasteiger partial charge on any atom is -0.361 e. The highest BCUT2D eigenvalue weighted by Crippen LogP contribution is 2.04. The Hall–Kier alpha value is -0.940. The molecule has 0 fully saturated rings. The van der Waals surface area contributed by atoms with Crippen molar-refractivity contribution in [2.24, 2.45) is 5.73 Å². The normalized spacial score (nSPS) is 13.4. The first kappa shape index (κ1) is 8.16. The molecule has 0 spiro atoms. The summed E-state index contributed by atoms with van der Waals surface area (Å²) in [5.41, 5.74) is 6.19. The minimum atomic E-state index is -0.463. The van der Waals surface area contributed by atoms with E-state index in [1.165, 1.54) is 7.11 Å². The van der Waals surface area contributed by atoms with Gasteiger partial charge in [0.2, 0.25) is 0 Å². The van der Waals surface area contributed by atoms with Crippen molar-refractivity contribution in [3.8, 4) is 0 Å². The van der Waals surface area contributed by atoms with Crippen LogP contribution in [0.2, 0.25) is 0 Å². The van der Waals surface area contributed by atoms with E-state index < -0.39 is 6.23 Å². The predicted molar refractivity (Wildman–Crippen MR) is 39.6 cm³/mol. The van der Waals surface area contributed by atoms with Gasteiger partial charge in [0.1, 0.15) is 5.69 Å². The highest BCUT2D eigenvalue weighted by Gasteiger charge is 2.07. The Kier molecular flexibility index (Phi) is 2.56.